The van der Waals surface area contributed by atoms with Gasteiger partial charge in [0.05, 0.1) is 25.5 Å². The average molecular weight is 283 g/mol. The normalized spacial score (nSPS) is 20.3. The van der Waals surface area contributed by atoms with Crippen molar-refractivity contribution in [2.45, 2.75) is 38.8 Å². The molecule has 0 bridgehead atoms. The van der Waals surface area contributed by atoms with Gasteiger partial charge in [-0.25, -0.2) is 4.98 Å². The second-order valence-corrected chi connectivity index (χ2v) is 6.62. The molecule has 6 heteroatoms. The minimum Gasteiger partial charge on any atom is -0.378 e. The summed E-state index contributed by atoms with van der Waals surface area (Å²) in [6.07, 6.45) is 0. The number of aromatic nitrogens is 1. The Bertz CT molecular complexity index is 433. The number of hydrogen-bond acceptors (Lipinski definition) is 5. The van der Waals surface area contributed by atoms with Gasteiger partial charge < -0.3 is 15.4 Å². The third kappa shape index (κ3) is 3.99. The Labute approximate surface area is 117 Å². The second-order valence-electron chi connectivity index (χ2n) is 5.68. The molecule has 106 valence electrons. The number of rotatable bonds is 3. The van der Waals surface area contributed by atoms with Crippen molar-refractivity contribution in [2.24, 2.45) is 0 Å². The van der Waals surface area contributed by atoms with Crippen LogP contribution in [-0.2, 0) is 21.5 Å². The largest absolute Gasteiger partial charge is 0.378 e. The van der Waals surface area contributed by atoms with Gasteiger partial charge in [0.25, 0.3) is 0 Å². The van der Waals surface area contributed by atoms with E-state index in [-0.39, 0.29) is 17.4 Å². The Hall–Kier alpha value is -0.980. The molecule has 1 aliphatic heterocycles. The molecule has 1 aromatic rings. The number of nitrogens with one attached hydrogen (secondary N) is 2. The number of hydrogen-bond donors (Lipinski definition) is 2. The molecule has 1 unspecified atom stereocenters. The van der Waals surface area contributed by atoms with Crippen LogP contribution in [-0.4, -0.2) is 36.7 Å². The maximum atomic E-state index is 11.9. The molecule has 1 fully saturated rings. The molecule has 1 amide bonds. The second kappa shape index (κ2) is 5.98. The smallest absolute Gasteiger partial charge is 0.239 e. The maximum Gasteiger partial charge on any atom is 0.239 e. The fourth-order valence-corrected chi connectivity index (χ4v) is 2.72. The Morgan fingerprint density at radius 2 is 2.42 bits per heavy atom. The molecule has 0 saturated carbocycles. The van der Waals surface area contributed by atoms with Gasteiger partial charge >= 0.3 is 0 Å². The molecule has 1 atom stereocenters. The van der Waals surface area contributed by atoms with Gasteiger partial charge in [0, 0.05) is 17.3 Å². The van der Waals surface area contributed by atoms with E-state index in [1.54, 1.807) is 11.3 Å². The molecule has 2 heterocycles. The zero-order valence-corrected chi connectivity index (χ0v) is 12.5. The highest BCUT2D eigenvalue weighted by atomic mass is 32.1. The van der Waals surface area contributed by atoms with Gasteiger partial charge in [0.2, 0.25) is 5.91 Å². The van der Waals surface area contributed by atoms with Gasteiger partial charge in [-0.05, 0) is 0 Å². The highest BCUT2D eigenvalue weighted by molar-refractivity contribution is 7.09. The molecule has 2 N–H and O–H groups in total. The number of nitrogens with zero attached hydrogens (tertiary/aromatic N) is 1. The van der Waals surface area contributed by atoms with Crippen molar-refractivity contribution in [3.05, 3.63) is 16.1 Å². The lowest BCUT2D eigenvalue weighted by Crippen LogP contribution is -2.51. The van der Waals surface area contributed by atoms with Crippen LogP contribution in [0.15, 0.2) is 5.38 Å². The molecule has 19 heavy (non-hydrogen) atoms. The molecule has 2 rings (SSSR count). The van der Waals surface area contributed by atoms with E-state index in [2.05, 4.69) is 41.8 Å². The predicted molar refractivity (Wildman–Crippen MR) is 75.3 cm³/mol. The summed E-state index contributed by atoms with van der Waals surface area (Å²) in [5.74, 6) is -0.0211. The first kappa shape index (κ1) is 14.4. The monoisotopic (exact) mass is 283 g/mol. The summed E-state index contributed by atoms with van der Waals surface area (Å²) in [7, 11) is 0. The quantitative estimate of drug-likeness (QED) is 0.870. The van der Waals surface area contributed by atoms with Gasteiger partial charge in [0.1, 0.15) is 11.0 Å². The first-order valence-electron chi connectivity index (χ1n) is 6.50. The molecule has 0 radical (unpaired) electrons. The van der Waals surface area contributed by atoms with Crippen molar-refractivity contribution >= 4 is 17.2 Å². The van der Waals surface area contributed by atoms with Crippen LogP contribution in [0.5, 0.6) is 0 Å². The van der Waals surface area contributed by atoms with E-state index >= 15 is 0 Å². The van der Waals surface area contributed by atoms with E-state index < -0.39 is 0 Å². The number of carbonyl (C=O) groups is 1. The first-order chi connectivity index (χ1) is 8.97. The summed E-state index contributed by atoms with van der Waals surface area (Å²) < 4.78 is 5.27. The van der Waals surface area contributed by atoms with Crippen molar-refractivity contribution in [3.8, 4) is 0 Å². The van der Waals surface area contributed by atoms with Gasteiger partial charge in [0.15, 0.2) is 0 Å². The fraction of sp³-hybridized carbons (Fsp3) is 0.692. The number of morpholine rings is 1. The van der Waals surface area contributed by atoms with E-state index in [0.29, 0.717) is 19.8 Å². The number of ether oxygens (including phenoxy) is 1. The fourth-order valence-electron chi connectivity index (χ4n) is 1.76. The molecule has 1 aromatic heterocycles. The van der Waals surface area contributed by atoms with Crippen molar-refractivity contribution in [1.82, 2.24) is 15.6 Å². The molecular formula is C13H21N3O2S. The zero-order chi connectivity index (χ0) is 13.9. The molecule has 0 aromatic carbocycles. The Kier molecular flexibility index (Phi) is 4.54. The van der Waals surface area contributed by atoms with Crippen LogP contribution in [0, 0.1) is 0 Å². The number of amides is 1. The van der Waals surface area contributed by atoms with Gasteiger partial charge in [-0.1, -0.05) is 20.8 Å². The van der Waals surface area contributed by atoms with Crippen LogP contribution in [0.4, 0.5) is 0 Å². The van der Waals surface area contributed by atoms with E-state index in [0.717, 1.165) is 17.2 Å². The highest BCUT2D eigenvalue weighted by Crippen LogP contribution is 2.23. The Morgan fingerprint density at radius 3 is 3.00 bits per heavy atom. The van der Waals surface area contributed by atoms with Crippen LogP contribution in [0.25, 0.3) is 0 Å². The lowest BCUT2D eigenvalue weighted by molar-refractivity contribution is -0.126. The van der Waals surface area contributed by atoms with Crippen LogP contribution in [0.3, 0.4) is 0 Å². The minimum absolute atomic E-state index is 0.0211. The van der Waals surface area contributed by atoms with E-state index in [1.807, 2.05) is 0 Å². The zero-order valence-electron chi connectivity index (χ0n) is 11.7. The Morgan fingerprint density at radius 1 is 1.63 bits per heavy atom. The summed E-state index contributed by atoms with van der Waals surface area (Å²) in [6, 6.07) is -0.240. The summed E-state index contributed by atoms with van der Waals surface area (Å²) in [4.78, 5) is 16.4. The lowest BCUT2D eigenvalue weighted by Gasteiger charge is -2.22. The van der Waals surface area contributed by atoms with Gasteiger partial charge in [-0.15, -0.1) is 11.3 Å². The number of thiazole rings is 1. The average Bonchev–Trinajstić information content (AvgIpc) is 2.86. The van der Waals surface area contributed by atoms with Crippen molar-refractivity contribution in [3.63, 3.8) is 0 Å². The van der Waals surface area contributed by atoms with E-state index in [9.17, 15) is 4.79 Å². The molecule has 5 nitrogen and oxygen atoms in total. The summed E-state index contributed by atoms with van der Waals surface area (Å²) in [6.45, 7) is 8.72. The molecule has 0 aliphatic carbocycles. The molecule has 0 spiro atoms. The topological polar surface area (TPSA) is 63.2 Å². The van der Waals surface area contributed by atoms with Crippen molar-refractivity contribution in [1.29, 1.82) is 0 Å². The summed E-state index contributed by atoms with van der Waals surface area (Å²) in [5.41, 5.74) is 1.12. The SMILES string of the molecule is CC(C)(C)c1csc(CNC(=O)C2COCCN2)n1. The maximum absolute atomic E-state index is 11.9. The first-order valence-corrected chi connectivity index (χ1v) is 7.38. The Balaban J connectivity index is 1.85. The predicted octanol–water partition coefficient (Wildman–Crippen LogP) is 1.05. The van der Waals surface area contributed by atoms with Crippen LogP contribution < -0.4 is 10.6 Å². The summed E-state index contributed by atoms with van der Waals surface area (Å²) in [5, 5.41) is 9.03. The van der Waals surface area contributed by atoms with Crippen molar-refractivity contribution < 1.29 is 9.53 Å². The van der Waals surface area contributed by atoms with E-state index in [1.165, 1.54) is 0 Å². The van der Waals surface area contributed by atoms with Crippen LogP contribution in [0.2, 0.25) is 0 Å². The van der Waals surface area contributed by atoms with Gasteiger partial charge in [-0.3, -0.25) is 4.79 Å². The standard InChI is InChI=1S/C13H21N3O2S/c1-13(2,3)10-8-19-11(16-10)6-15-12(17)9-7-18-5-4-14-9/h8-9,14H,4-7H2,1-3H3,(H,15,17). The number of carbonyl (C=O) groups excluding carboxylic acids is 1. The third-order valence-electron chi connectivity index (χ3n) is 2.97. The van der Waals surface area contributed by atoms with Crippen LogP contribution >= 0.6 is 11.3 Å². The highest BCUT2D eigenvalue weighted by Gasteiger charge is 2.21. The van der Waals surface area contributed by atoms with Crippen molar-refractivity contribution in [2.75, 3.05) is 19.8 Å². The molecular weight excluding hydrogens is 262 g/mol. The minimum atomic E-state index is -0.240. The van der Waals surface area contributed by atoms with Crippen LogP contribution in [0.1, 0.15) is 31.5 Å². The van der Waals surface area contributed by atoms with Gasteiger partial charge in [-0.2, -0.15) is 0 Å². The molecule has 1 saturated heterocycles. The van der Waals surface area contributed by atoms with E-state index in [4.69, 9.17) is 4.74 Å². The molecule has 1 aliphatic rings. The summed E-state index contributed by atoms with van der Waals surface area (Å²) >= 11 is 1.59. The third-order valence-corrected chi connectivity index (χ3v) is 3.82. The lowest BCUT2D eigenvalue weighted by atomic mass is 9.93.